The molecule has 2 atom stereocenters. The summed E-state index contributed by atoms with van der Waals surface area (Å²) in [7, 11) is 0. The minimum absolute atomic E-state index is 0.0523. The summed E-state index contributed by atoms with van der Waals surface area (Å²) in [5.41, 5.74) is 4.66. The number of halogens is 2. The standard InChI is InChI=1S/C18H21ClFN3O3/c1-8-12(21)7-22(8)15-11(20)5-9-14(13(15)19)23(18(2,3)4)6-10(16(9)24)17(25)26/h5-6,8,12H,7,21H2,1-4H3,(H,25,26)/t8-,12+/m1/s1. The zero-order valence-electron chi connectivity index (χ0n) is 15.0. The molecule has 0 unspecified atom stereocenters. The Morgan fingerprint density at radius 3 is 2.50 bits per heavy atom. The molecule has 1 aliphatic heterocycles. The molecular formula is C18H21ClFN3O3. The Balaban J connectivity index is 2.43. The maximum Gasteiger partial charge on any atom is 0.341 e. The lowest BCUT2D eigenvalue weighted by Crippen LogP contribution is -2.63. The van der Waals surface area contributed by atoms with Crippen molar-refractivity contribution in [2.24, 2.45) is 5.73 Å². The lowest BCUT2D eigenvalue weighted by molar-refractivity contribution is 0.0694. The van der Waals surface area contributed by atoms with E-state index < -0.39 is 28.3 Å². The quantitative estimate of drug-likeness (QED) is 0.835. The van der Waals surface area contributed by atoms with Crippen LogP contribution >= 0.6 is 11.6 Å². The molecule has 0 amide bonds. The van der Waals surface area contributed by atoms with Crippen molar-refractivity contribution in [2.45, 2.75) is 45.3 Å². The number of hydrogen-bond donors (Lipinski definition) is 2. The van der Waals surface area contributed by atoms with Crippen LogP contribution in [0.3, 0.4) is 0 Å². The fourth-order valence-electron chi connectivity index (χ4n) is 3.28. The van der Waals surface area contributed by atoms with E-state index in [4.69, 9.17) is 17.3 Å². The first-order valence-corrected chi connectivity index (χ1v) is 8.66. The number of carboxylic acids is 1. The van der Waals surface area contributed by atoms with E-state index >= 15 is 0 Å². The van der Waals surface area contributed by atoms with Crippen LogP contribution in [0.4, 0.5) is 10.1 Å². The Labute approximate surface area is 155 Å². The van der Waals surface area contributed by atoms with Crippen LogP contribution in [0.2, 0.25) is 5.02 Å². The lowest BCUT2D eigenvalue weighted by Gasteiger charge is -2.46. The van der Waals surface area contributed by atoms with Gasteiger partial charge >= 0.3 is 5.97 Å². The van der Waals surface area contributed by atoms with E-state index in [-0.39, 0.29) is 28.2 Å². The first kappa shape index (κ1) is 18.7. The number of carbonyl (C=O) groups is 1. The minimum atomic E-state index is -1.36. The Morgan fingerprint density at radius 2 is 2.04 bits per heavy atom. The average molecular weight is 382 g/mol. The van der Waals surface area contributed by atoms with Crippen LogP contribution in [0, 0.1) is 5.82 Å². The number of benzene rings is 1. The molecule has 0 spiro atoms. The second-order valence-electron chi connectivity index (χ2n) is 7.69. The van der Waals surface area contributed by atoms with Crippen molar-refractivity contribution in [3.8, 4) is 0 Å². The number of nitrogens with two attached hydrogens (primary N) is 1. The molecule has 6 nitrogen and oxygen atoms in total. The van der Waals surface area contributed by atoms with Gasteiger partial charge in [0.05, 0.1) is 21.6 Å². The highest BCUT2D eigenvalue weighted by atomic mass is 35.5. The molecule has 140 valence electrons. The highest BCUT2D eigenvalue weighted by Gasteiger charge is 2.37. The molecule has 0 aliphatic carbocycles. The molecule has 3 N–H and O–H groups in total. The van der Waals surface area contributed by atoms with Gasteiger partial charge in [0.25, 0.3) is 0 Å². The Kier molecular flexibility index (Phi) is 4.28. The summed E-state index contributed by atoms with van der Waals surface area (Å²) in [5.74, 6) is -2.03. The van der Waals surface area contributed by atoms with Gasteiger partial charge in [-0.1, -0.05) is 11.6 Å². The number of pyridine rings is 1. The van der Waals surface area contributed by atoms with E-state index in [1.54, 1.807) is 9.47 Å². The molecular weight excluding hydrogens is 361 g/mol. The topological polar surface area (TPSA) is 88.6 Å². The third-order valence-electron chi connectivity index (χ3n) is 4.92. The van der Waals surface area contributed by atoms with Gasteiger partial charge < -0.3 is 20.3 Å². The van der Waals surface area contributed by atoms with Gasteiger partial charge in [0.1, 0.15) is 11.4 Å². The number of rotatable bonds is 2. The SMILES string of the molecule is C[C@@H]1[C@@H](N)CN1c1c(F)cc2c(=O)c(C(=O)O)cn(C(C)(C)C)c2c1Cl. The van der Waals surface area contributed by atoms with E-state index in [0.717, 1.165) is 6.07 Å². The van der Waals surface area contributed by atoms with Crippen LogP contribution < -0.4 is 16.1 Å². The van der Waals surface area contributed by atoms with Gasteiger partial charge in [-0.25, -0.2) is 9.18 Å². The van der Waals surface area contributed by atoms with Gasteiger partial charge in [0.2, 0.25) is 5.43 Å². The van der Waals surface area contributed by atoms with Crippen molar-refractivity contribution in [2.75, 3.05) is 11.4 Å². The fraction of sp³-hybridized carbons (Fsp3) is 0.444. The zero-order chi connectivity index (χ0) is 19.5. The first-order chi connectivity index (χ1) is 11.9. The van der Waals surface area contributed by atoms with E-state index in [1.807, 2.05) is 27.7 Å². The van der Waals surface area contributed by atoms with E-state index in [2.05, 4.69) is 0 Å². The number of anilines is 1. The average Bonchev–Trinajstić information content (AvgIpc) is 2.53. The van der Waals surface area contributed by atoms with Crippen LogP contribution in [0.1, 0.15) is 38.1 Å². The van der Waals surface area contributed by atoms with Gasteiger partial charge in [-0.05, 0) is 33.8 Å². The lowest BCUT2D eigenvalue weighted by atomic mass is 9.96. The molecule has 2 heterocycles. The summed E-state index contributed by atoms with van der Waals surface area (Å²) in [5, 5.41) is 9.38. The second-order valence-corrected chi connectivity index (χ2v) is 8.07. The number of aromatic nitrogens is 1. The molecule has 2 aromatic rings. The summed E-state index contributed by atoms with van der Waals surface area (Å²) in [4.78, 5) is 25.8. The number of aromatic carboxylic acids is 1. The van der Waals surface area contributed by atoms with Gasteiger partial charge in [-0.15, -0.1) is 0 Å². The normalized spacial score (nSPS) is 20.3. The zero-order valence-corrected chi connectivity index (χ0v) is 15.8. The van der Waals surface area contributed by atoms with Gasteiger partial charge in [0, 0.05) is 30.4 Å². The summed E-state index contributed by atoms with van der Waals surface area (Å²) in [6, 6.07) is 0.900. The number of nitrogens with zero attached hydrogens (tertiary/aromatic N) is 2. The minimum Gasteiger partial charge on any atom is -0.477 e. The van der Waals surface area contributed by atoms with Crippen molar-refractivity contribution < 1.29 is 14.3 Å². The fourth-order valence-corrected chi connectivity index (χ4v) is 3.67. The van der Waals surface area contributed by atoms with Crippen molar-refractivity contribution >= 4 is 34.2 Å². The predicted octanol–water partition coefficient (Wildman–Crippen LogP) is 2.78. The molecule has 0 radical (unpaired) electrons. The highest BCUT2D eigenvalue weighted by molar-refractivity contribution is 6.38. The Bertz CT molecular complexity index is 981. The molecule has 0 bridgehead atoms. The Hall–Kier alpha value is -2.12. The van der Waals surface area contributed by atoms with E-state index in [0.29, 0.717) is 12.1 Å². The third kappa shape index (κ3) is 2.66. The molecule has 8 heteroatoms. The molecule has 1 aromatic heterocycles. The van der Waals surface area contributed by atoms with Crippen molar-refractivity contribution in [1.29, 1.82) is 0 Å². The van der Waals surface area contributed by atoms with Gasteiger partial charge in [0.15, 0.2) is 0 Å². The molecule has 0 saturated carbocycles. The smallest absolute Gasteiger partial charge is 0.341 e. The predicted molar refractivity (Wildman–Crippen MR) is 99.9 cm³/mol. The third-order valence-corrected chi connectivity index (χ3v) is 5.27. The van der Waals surface area contributed by atoms with Crippen LogP contribution in [0.25, 0.3) is 10.9 Å². The maximum atomic E-state index is 14.8. The Morgan fingerprint density at radius 1 is 1.42 bits per heavy atom. The molecule has 1 fully saturated rings. The van der Waals surface area contributed by atoms with Crippen molar-refractivity contribution in [3.05, 3.63) is 38.9 Å². The first-order valence-electron chi connectivity index (χ1n) is 8.28. The number of hydrogen-bond acceptors (Lipinski definition) is 4. The largest absolute Gasteiger partial charge is 0.477 e. The number of carboxylic acid groups (broad SMARTS) is 1. The summed E-state index contributed by atoms with van der Waals surface area (Å²) < 4.78 is 16.4. The monoisotopic (exact) mass is 381 g/mol. The summed E-state index contributed by atoms with van der Waals surface area (Å²) >= 11 is 6.55. The molecule has 26 heavy (non-hydrogen) atoms. The van der Waals surface area contributed by atoms with Crippen molar-refractivity contribution in [3.63, 3.8) is 0 Å². The summed E-state index contributed by atoms with van der Waals surface area (Å²) in [6.07, 6.45) is 1.27. The molecule has 1 aliphatic rings. The molecule has 3 rings (SSSR count). The van der Waals surface area contributed by atoms with Gasteiger partial charge in [-0.2, -0.15) is 0 Å². The van der Waals surface area contributed by atoms with Gasteiger partial charge in [-0.3, -0.25) is 4.79 Å². The maximum absolute atomic E-state index is 14.8. The van der Waals surface area contributed by atoms with Crippen LogP contribution in [0.15, 0.2) is 17.1 Å². The number of fused-ring (bicyclic) bond motifs is 1. The van der Waals surface area contributed by atoms with Crippen LogP contribution in [-0.2, 0) is 5.54 Å². The van der Waals surface area contributed by atoms with E-state index in [1.165, 1.54) is 6.20 Å². The molecule has 1 aromatic carbocycles. The van der Waals surface area contributed by atoms with Crippen LogP contribution in [0.5, 0.6) is 0 Å². The van der Waals surface area contributed by atoms with Crippen LogP contribution in [-0.4, -0.2) is 34.3 Å². The second kappa shape index (κ2) is 5.96. The molecule has 1 saturated heterocycles. The van der Waals surface area contributed by atoms with E-state index in [9.17, 15) is 19.1 Å². The highest BCUT2D eigenvalue weighted by Crippen LogP contribution is 2.40. The van der Waals surface area contributed by atoms with Crippen molar-refractivity contribution in [1.82, 2.24) is 4.57 Å². The summed E-state index contributed by atoms with van der Waals surface area (Å²) in [6.45, 7) is 7.88.